The zero-order valence-corrected chi connectivity index (χ0v) is 19.8. The van der Waals surface area contributed by atoms with Gasteiger partial charge in [-0.1, -0.05) is 31.5 Å². The third-order valence-electron chi connectivity index (χ3n) is 4.76. The van der Waals surface area contributed by atoms with Crippen LogP contribution < -0.4 is 14.8 Å². The molecule has 7 heteroatoms. The third-order valence-corrected chi connectivity index (χ3v) is 5.09. The van der Waals surface area contributed by atoms with E-state index in [1.807, 2.05) is 0 Å². The lowest BCUT2D eigenvalue weighted by molar-refractivity contribution is -0.111. The summed E-state index contributed by atoms with van der Waals surface area (Å²) in [5.74, 6) is 0.422. The van der Waals surface area contributed by atoms with E-state index in [-0.39, 0.29) is 10.9 Å². The number of hydrogen-bond acceptors (Lipinski definition) is 4. The number of carbonyl (C=O) groups excluding carboxylic acids is 1. The first-order valence-electron chi connectivity index (χ1n) is 10.9. The molecule has 0 spiro atoms. The van der Waals surface area contributed by atoms with Gasteiger partial charge in [0.05, 0.1) is 18.7 Å². The summed E-state index contributed by atoms with van der Waals surface area (Å²) >= 11 is 5.99. The Morgan fingerprint density at radius 3 is 2.50 bits per heavy atom. The van der Waals surface area contributed by atoms with E-state index in [4.69, 9.17) is 21.1 Å². The summed E-state index contributed by atoms with van der Waals surface area (Å²) in [4.78, 5) is 14.7. The van der Waals surface area contributed by atoms with E-state index in [9.17, 15) is 9.18 Å². The molecule has 0 radical (unpaired) electrons. The van der Waals surface area contributed by atoms with Crippen LogP contribution in [0, 0.1) is 5.82 Å². The van der Waals surface area contributed by atoms with Crippen molar-refractivity contribution in [2.75, 3.05) is 38.7 Å². The van der Waals surface area contributed by atoms with Gasteiger partial charge in [0.1, 0.15) is 5.82 Å². The van der Waals surface area contributed by atoms with Gasteiger partial charge in [0.2, 0.25) is 5.91 Å². The van der Waals surface area contributed by atoms with Gasteiger partial charge in [-0.25, -0.2) is 4.39 Å². The van der Waals surface area contributed by atoms with Gasteiger partial charge in [0, 0.05) is 24.4 Å². The van der Waals surface area contributed by atoms with Crippen LogP contribution in [0.2, 0.25) is 5.02 Å². The lowest BCUT2D eigenvalue weighted by Gasteiger charge is -2.21. The molecule has 174 valence electrons. The Balaban J connectivity index is 1.95. The predicted molar refractivity (Wildman–Crippen MR) is 129 cm³/mol. The maximum atomic E-state index is 13.1. The number of nitrogens with one attached hydrogen (secondary N) is 1. The Kier molecular flexibility index (Phi) is 11.0. The second-order valence-corrected chi connectivity index (χ2v) is 7.80. The lowest BCUT2D eigenvalue weighted by Crippen LogP contribution is -2.27. The Morgan fingerprint density at radius 1 is 1.09 bits per heavy atom. The monoisotopic (exact) mass is 462 g/mol. The van der Waals surface area contributed by atoms with Gasteiger partial charge in [-0.05, 0) is 68.3 Å². The molecular weight excluding hydrogens is 431 g/mol. The summed E-state index contributed by atoms with van der Waals surface area (Å²) < 4.78 is 24.5. The fourth-order valence-electron chi connectivity index (χ4n) is 3.29. The smallest absolute Gasteiger partial charge is 0.248 e. The van der Waals surface area contributed by atoms with Crippen molar-refractivity contribution in [1.82, 2.24) is 4.90 Å². The summed E-state index contributed by atoms with van der Waals surface area (Å²) in [6, 6.07) is 9.25. The van der Waals surface area contributed by atoms with Gasteiger partial charge < -0.3 is 19.7 Å². The van der Waals surface area contributed by atoms with Gasteiger partial charge in [-0.15, -0.1) is 0 Å². The Labute approximate surface area is 195 Å². The third kappa shape index (κ3) is 8.52. The summed E-state index contributed by atoms with van der Waals surface area (Å²) in [7, 11) is 1.58. The molecule has 0 fully saturated rings. The number of anilines is 1. The van der Waals surface area contributed by atoms with Crippen LogP contribution in [0.5, 0.6) is 11.5 Å². The highest BCUT2D eigenvalue weighted by Crippen LogP contribution is 2.30. The molecule has 32 heavy (non-hydrogen) atoms. The number of methoxy groups -OCH3 is 1. The molecule has 1 N–H and O–H groups in total. The quantitative estimate of drug-likeness (QED) is 0.291. The first kappa shape index (κ1) is 25.7. The van der Waals surface area contributed by atoms with Crippen molar-refractivity contribution in [2.24, 2.45) is 0 Å². The zero-order valence-electron chi connectivity index (χ0n) is 19.0. The first-order chi connectivity index (χ1) is 15.5. The molecule has 0 aliphatic rings. The second kappa shape index (κ2) is 13.8. The van der Waals surface area contributed by atoms with Crippen LogP contribution in [-0.4, -0.2) is 44.2 Å². The van der Waals surface area contributed by atoms with Crippen molar-refractivity contribution in [1.29, 1.82) is 0 Å². The van der Waals surface area contributed by atoms with Crippen LogP contribution in [0.15, 0.2) is 42.5 Å². The van der Waals surface area contributed by atoms with Gasteiger partial charge in [0.25, 0.3) is 0 Å². The SMILES string of the molecule is CCCN(CCC)CCCOc1cc(NC(=O)C=Cc2ccc(F)cc2Cl)ccc1OC. The van der Waals surface area contributed by atoms with Gasteiger partial charge in [0.15, 0.2) is 11.5 Å². The van der Waals surface area contributed by atoms with Crippen LogP contribution in [-0.2, 0) is 4.79 Å². The second-order valence-electron chi connectivity index (χ2n) is 7.40. The maximum absolute atomic E-state index is 13.1. The number of nitrogens with zero attached hydrogens (tertiary/aromatic N) is 1. The van der Waals surface area contributed by atoms with E-state index >= 15 is 0 Å². The van der Waals surface area contributed by atoms with Gasteiger partial charge in [-0.2, -0.15) is 0 Å². The molecule has 0 bridgehead atoms. The number of hydrogen-bond donors (Lipinski definition) is 1. The molecule has 0 atom stereocenters. The zero-order chi connectivity index (χ0) is 23.3. The molecule has 0 aliphatic carbocycles. The van der Waals surface area contributed by atoms with E-state index in [1.165, 1.54) is 30.4 Å². The highest BCUT2D eigenvalue weighted by Gasteiger charge is 2.09. The average molecular weight is 463 g/mol. The summed E-state index contributed by atoms with van der Waals surface area (Å²) in [5, 5.41) is 3.03. The molecular formula is C25H32ClFN2O3. The molecule has 5 nitrogen and oxygen atoms in total. The highest BCUT2D eigenvalue weighted by molar-refractivity contribution is 6.32. The van der Waals surface area contributed by atoms with Crippen LogP contribution >= 0.6 is 11.6 Å². The molecule has 0 aliphatic heterocycles. The number of carbonyl (C=O) groups is 1. The van der Waals surface area contributed by atoms with Crippen molar-refractivity contribution in [3.8, 4) is 11.5 Å². The van der Waals surface area contributed by atoms with Crippen molar-refractivity contribution < 1.29 is 18.7 Å². The van der Waals surface area contributed by atoms with Crippen LogP contribution in [0.4, 0.5) is 10.1 Å². The normalized spacial score (nSPS) is 11.2. The van der Waals surface area contributed by atoms with Crippen LogP contribution in [0.1, 0.15) is 38.7 Å². The van der Waals surface area contributed by atoms with E-state index in [0.29, 0.717) is 29.4 Å². The average Bonchev–Trinajstić information content (AvgIpc) is 2.76. The number of rotatable bonds is 13. The summed E-state index contributed by atoms with van der Waals surface area (Å²) in [6.07, 6.45) is 6.06. The molecule has 0 saturated heterocycles. The number of benzene rings is 2. The minimum absolute atomic E-state index is 0.241. The molecule has 0 aromatic heterocycles. The van der Waals surface area contributed by atoms with Crippen LogP contribution in [0.25, 0.3) is 6.08 Å². The molecule has 2 aromatic rings. The fourth-order valence-corrected chi connectivity index (χ4v) is 3.52. The molecule has 1 amide bonds. The van der Waals surface area contributed by atoms with E-state index < -0.39 is 5.82 Å². The molecule has 0 unspecified atom stereocenters. The van der Waals surface area contributed by atoms with E-state index in [1.54, 1.807) is 25.3 Å². The standard InChI is InChI=1S/C25H32ClFN2O3/c1-4-13-29(14-5-2)15-6-16-32-24-18-21(10-11-23(24)31-3)28-25(30)12-8-19-7-9-20(27)17-22(19)26/h7-12,17-18H,4-6,13-16H2,1-3H3,(H,28,30). The van der Waals surface area contributed by atoms with Gasteiger partial charge in [-0.3, -0.25) is 4.79 Å². The lowest BCUT2D eigenvalue weighted by atomic mass is 10.2. The Morgan fingerprint density at radius 2 is 1.84 bits per heavy atom. The van der Waals surface area contributed by atoms with E-state index in [0.717, 1.165) is 38.9 Å². The van der Waals surface area contributed by atoms with Crippen molar-refractivity contribution in [2.45, 2.75) is 33.1 Å². The molecule has 2 aromatic carbocycles. The van der Waals surface area contributed by atoms with Crippen LogP contribution in [0.3, 0.4) is 0 Å². The maximum Gasteiger partial charge on any atom is 0.248 e. The first-order valence-corrected chi connectivity index (χ1v) is 11.3. The van der Waals surface area contributed by atoms with Crippen molar-refractivity contribution in [3.05, 3.63) is 58.9 Å². The Hall–Kier alpha value is -2.57. The van der Waals surface area contributed by atoms with Crippen molar-refractivity contribution in [3.63, 3.8) is 0 Å². The van der Waals surface area contributed by atoms with E-state index in [2.05, 4.69) is 24.1 Å². The topological polar surface area (TPSA) is 50.8 Å². The van der Waals surface area contributed by atoms with Crippen molar-refractivity contribution >= 4 is 29.3 Å². The number of ether oxygens (including phenoxy) is 2. The van der Waals surface area contributed by atoms with Gasteiger partial charge >= 0.3 is 0 Å². The minimum atomic E-state index is -0.425. The predicted octanol–water partition coefficient (Wildman–Crippen LogP) is 6.03. The summed E-state index contributed by atoms with van der Waals surface area (Å²) in [5.41, 5.74) is 1.14. The molecule has 0 saturated carbocycles. The molecule has 2 rings (SSSR count). The molecule has 0 heterocycles. The number of halogens is 2. The minimum Gasteiger partial charge on any atom is -0.493 e. The number of amides is 1. The fraction of sp³-hybridized carbons (Fsp3) is 0.400. The largest absolute Gasteiger partial charge is 0.493 e. The highest BCUT2D eigenvalue weighted by atomic mass is 35.5. The Bertz CT molecular complexity index is 899. The summed E-state index contributed by atoms with van der Waals surface area (Å²) in [6.45, 7) is 8.10.